The van der Waals surface area contributed by atoms with Crippen LogP contribution in [0.5, 0.6) is 0 Å². The molecule has 2 N–H and O–H groups in total. The third kappa shape index (κ3) is 2.97. The Balaban J connectivity index is 0.00000128. The minimum atomic E-state index is -0.740. The third-order valence-corrected chi connectivity index (χ3v) is 2.89. The fraction of sp³-hybridized carbons (Fsp3) is 0.417. The largest absolute Gasteiger partial charge is 0.480 e. The Morgan fingerprint density at radius 1 is 1.25 bits per heavy atom. The number of carboxylic acid groups (broad SMARTS) is 1. The van der Waals surface area contributed by atoms with Gasteiger partial charge < -0.3 is 5.11 Å². The van der Waals surface area contributed by atoms with Crippen molar-refractivity contribution in [1.82, 2.24) is 5.32 Å². The second-order valence-corrected chi connectivity index (χ2v) is 3.95. The maximum Gasteiger partial charge on any atom is 0.320 e. The van der Waals surface area contributed by atoms with Gasteiger partial charge in [0.05, 0.1) is 0 Å². The molecule has 4 heteroatoms. The number of rotatable bonds is 2. The summed E-state index contributed by atoms with van der Waals surface area (Å²) >= 11 is 0. The van der Waals surface area contributed by atoms with Gasteiger partial charge in [0.2, 0.25) is 0 Å². The molecule has 1 aliphatic rings. The van der Waals surface area contributed by atoms with Crippen molar-refractivity contribution in [3.05, 3.63) is 35.9 Å². The quantitative estimate of drug-likeness (QED) is 0.836. The maximum atomic E-state index is 10.9. The average molecular weight is 242 g/mol. The van der Waals surface area contributed by atoms with E-state index >= 15 is 0 Å². The second kappa shape index (κ2) is 5.87. The molecule has 0 bridgehead atoms. The lowest BCUT2D eigenvalue weighted by Gasteiger charge is -2.28. The first-order chi connectivity index (χ1) is 7.27. The number of halogens is 1. The summed E-state index contributed by atoms with van der Waals surface area (Å²) in [6.45, 7) is 0. The number of hydrogen-bond donors (Lipinski definition) is 2. The van der Waals surface area contributed by atoms with Gasteiger partial charge in [0.25, 0.3) is 0 Å². The van der Waals surface area contributed by atoms with E-state index in [9.17, 15) is 4.79 Å². The summed E-state index contributed by atoms with van der Waals surface area (Å²) in [6.07, 6.45) is 2.73. The van der Waals surface area contributed by atoms with Crippen molar-refractivity contribution >= 4 is 18.4 Å². The predicted octanol–water partition coefficient (Wildman–Crippen LogP) is 2.38. The van der Waals surface area contributed by atoms with Crippen molar-refractivity contribution in [1.29, 1.82) is 0 Å². The molecule has 2 atom stereocenters. The molecule has 1 aromatic carbocycles. The molecule has 0 aromatic heterocycles. The van der Waals surface area contributed by atoms with Crippen LogP contribution in [0.25, 0.3) is 0 Å². The average Bonchev–Trinajstić information content (AvgIpc) is 2.30. The van der Waals surface area contributed by atoms with Crippen LogP contribution < -0.4 is 5.32 Å². The molecular formula is C12H16ClNO2. The predicted molar refractivity (Wildman–Crippen MR) is 64.8 cm³/mol. The van der Waals surface area contributed by atoms with Crippen molar-refractivity contribution < 1.29 is 9.90 Å². The van der Waals surface area contributed by atoms with E-state index in [4.69, 9.17) is 5.11 Å². The number of carbonyl (C=O) groups is 1. The van der Waals surface area contributed by atoms with Crippen LogP contribution in [0, 0.1) is 0 Å². The van der Waals surface area contributed by atoms with E-state index in [0.717, 1.165) is 19.3 Å². The van der Waals surface area contributed by atoms with Crippen LogP contribution in [0.1, 0.15) is 30.9 Å². The summed E-state index contributed by atoms with van der Waals surface area (Å²) in [6, 6.07) is 9.85. The van der Waals surface area contributed by atoms with E-state index in [0.29, 0.717) is 0 Å². The summed E-state index contributed by atoms with van der Waals surface area (Å²) in [4.78, 5) is 10.9. The number of carboxylic acids is 1. The standard InChI is InChI=1S/C12H15NO2.ClH/c14-12(15)11-8-4-7-10(13-11)9-5-2-1-3-6-9;/h1-3,5-6,10-11,13H,4,7-8H2,(H,14,15);1H/t10-,11+;/m1./s1. The molecule has 3 nitrogen and oxygen atoms in total. The third-order valence-electron chi connectivity index (χ3n) is 2.89. The zero-order valence-electron chi connectivity index (χ0n) is 8.93. The van der Waals surface area contributed by atoms with Gasteiger partial charge in [0.1, 0.15) is 6.04 Å². The highest BCUT2D eigenvalue weighted by atomic mass is 35.5. The van der Waals surface area contributed by atoms with Crippen molar-refractivity contribution in [2.45, 2.75) is 31.3 Å². The fourth-order valence-electron chi connectivity index (χ4n) is 2.08. The molecule has 0 unspecified atom stereocenters. The van der Waals surface area contributed by atoms with Gasteiger partial charge in [-0.25, -0.2) is 0 Å². The van der Waals surface area contributed by atoms with Crippen molar-refractivity contribution in [2.24, 2.45) is 0 Å². The lowest BCUT2D eigenvalue weighted by Crippen LogP contribution is -2.42. The van der Waals surface area contributed by atoms with Crippen LogP contribution in [0.15, 0.2) is 30.3 Å². The summed E-state index contributed by atoms with van der Waals surface area (Å²) < 4.78 is 0. The summed E-state index contributed by atoms with van der Waals surface area (Å²) in [5.41, 5.74) is 1.18. The van der Waals surface area contributed by atoms with Crippen LogP contribution in [0.2, 0.25) is 0 Å². The molecule has 1 aliphatic heterocycles. The van der Waals surface area contributed by atoms with E-state index in [-0.39, 0.29) is 24.5 Å². The fourth-order valence-corrected chi connectivity index (χ4v) is 2.08. The number of benzene rings is 1. The van der Waals surface area contributed by atoms with Gasteiger partial charge in [-0.3, -0.25) is 10.1 Å². The Hall–Kier alpha value is -1.06. The lowest BCUT2D eigenvalue weighted by atomic mass is 9.93. The van der Waals surface area contributed by atoms with E-state index in [1.807, 2.05) is 30.3 Å². The Morgan fingerprint density at radius 3 is 2.56 bits per heavy atom. The van der Waals surface area contributed by atoms with Crippen molar-refractivity contribution in [3.63, 3.8) is 0 Å². The molecule has 88 valence electrons. The van der Waals surface area contributed by atoms with E-state index in [2.05, 4.69) is 5.32 Å². The topological polar surface area (TPSA) is 49.3 Å². The highest BCUT2D eigenvalue weighted by molar-refractivity contribution is 5.85. The van der Waals surface area contributed by atoms with Crippen molar-refractivity contribution in [3.8, 4) is 0 Å². The molecular weight excluding hydrogens is 226 g/mol. The van der Waals surface area contributed by atoms with Crippen LogP contribution in [-0.4, -0.2) is 17.1 Å². The number of piperidine rings is 1. The van der Waals surface area contributed by atoms with Crippen LogP contribution in [0.4, 0.5) is 0 Å². The molecule has 1 heterocycles. The first kappa shape index (κ1) is 13.0. The summed E-state index contributed by atoms with van der Waals surface area (Å²) in [5, 5.41) is 12.1. The number of aliphatic carboxylic acids is 1. The maximum absolute atomic E-state index is 10.9. The summed E-state index contributed by atoms with van der Waals surface area (Å²) in [5.74, 6) is -0.740. The molecule has 16 heavy (non-hydrogen) atoms. The molecule has 0 amide bonds. The van der Waals surface area contributed by atoms with E-state index in [1.165, 1.54) is 5.56 Å². The Labute approximate surface area is 101 Å². The second-order valence-electron chi connectivity index (χ2n) is 3.95. The Morgan fingerprint density at radius 2 is 1.94 bits per heavy atom. The Kier molecular flexibility index (Phi) is 4.77. The van der Waals surface area contributed by atoms with Crippen LogP contribution in [0.3, 0.4) is 0 Å². The van der Waals surface area contributed by atoms with Gasteiger partial charge in [0, 0.05) is 6.04 Å². The molecule has 0 spiro atoms. The van der Waals surface area contributed by atoms with Gasteiger partial charge >= 0.3 is 5.97 Å². The van der Waals surface area contributed by atoms with Gasteiger partial charge in [-0.15, -0.1) is 12.4 Å². The molecule has 2 rings (SSSR count). The highest BCUT2D eigenvalue weighted by Gasteiger charge is 2.26. The minimum absolute atomic E-state index is 0. The first-order valence-corrected chi connectivity index (χ1v) is 5.31. The van der Waals surface area contributed by atoms with Gasteiger partial charge in [-0.1, -0.05) is 30.3 Å². The van der Waals surface area contributed by atoms with Gasteiger partial charge in [0.15, 0.2) is 0 Å². The molecule has 1 saturated heterocycles. The number of hydrogen-bond acceptors (Lipinski definition) is 2. The minimum Gasteiger partial charge on any atom is -0.480 e. The lowest BCUT2D eigenvalue weighted by molar-refractivity contribution is -0.140. The smallest absolute Gasteiger partial charge is 0.320 e. The van der Waals surface area contributed by atoms with Gasteiger partial charge in [-0.2, -0.15) is 0 Å². The monoisotopic (exact) mass is 241 g/mol. The zero-order valence-corrected chi connectivity index (χ0v) is 9.74. The molecule has 0 aliphatic carbocycles. The van der Waals surface area contributed by atoms with Crippen molar-refractivity contribution in [2.75, 3.05) is 0 Å². The van der Waals surface area contributed by atoms with Crippen LogP contribution >= 0.6 is 12.4 Å². The molecule has 1 aromatic rings. The summed E-state index contributed by atoms with van der Waals surface area (Å²) in [7, 11) is 0. The first-order valence-electron chi connectivity index (χ1n) is 5.31. The molecule has 1 fully saturated rings. The van der Waals surface area contributed by atoms with Gasteiger partial charge in [-0.05, 0) is 24.8 Å². The van der Waals surface area contributed by atoms with Crippen LogP contribution in [-0.2, 0) is 4.79 Å². The normalized spacial score (nSPS) is 24.5. The van der Waals surface area contributed by atoms with E-state index in [1.54, 1.807) is 0 Å². The number of nitrogens with one attached hydrogen (secondary N) is 1. The molecule has 0 radical (unpaired) electrons. The van der Waals surface area contributed by atoms with E-state index < -0.39 is 5.97 Å². The SMILES string of the molecule is Cl.O=C(O)[C@@H]1CCC[C@H](c2ccccc2)N1. The Bertz CT molecular complexity index is 342. The highest BCUT2D eigenvalue weighted by Crippen LogP contribution is 2.25. The molecule has 0 saturated carbocycles. The zero-order chi connectivity index (χ0) is 10.7.